The summed E-state index contributed by atoms with van der Waals surface area (Å²) in [7, 11) is 1.90. The van der Waals surface area contributed by atoms with E-state index in [2.05, 4.69) is 17.3 Å². The minimum absolute atomic E-state index is 0.530. The molecule has 5 heteroatoms. The fourth-order valence-electron chi connectivity index (χ4n) is 2.30. The molecule has 90 valence electrons. The SMILES string of the molecule is CCSC1CCCC1Nc1nn(C)cc1N. The summed E-state index contributed by atoms with van der Waals surface area (Å²) in [6.07, 6.45) is 5.69. The topological polar surface area (TPSA) is 55.9 Å². The van der Waals surface area contributed by atoms with E-state index >= 15 is 0 Å². The van der Waals surface area contributed by atoms with Crippen molar-refractivity contribution < 1.29 is 0 Å². The van der Waals surface area contributed by atoms with Gasteiger partial charge in [-0.15, -0.1) is 0 Å². The van der Waals surface area contributed by atoms with E-state index in [0.717, 1.165) is 11.5 Å². The normalized spacial score (nSPS) is 24.9. The molecular formula is C11H20N4S. The number of hydrogen-bond donors (Lipinski definition) is 2. The molecule has 1 aromatic heterocycles. The van der Waals surface area contributed by atoms with Crippen LogP contribution < -0.4 is 11.1 Å². The van der Waals surface area contributed by atoms with Gasteiger partial charge in [-0.1, -0.05) is 13.3 Å². The summed E-state index contributed by atoms with van der Waals surface area (Å²) in [4.78, 5) is 0. The summed E-state index contributed by atoms with van der Waals surface area (Å²) in [6.45, 7) is 2.22. The van der Waals surface area contributed by atoms with E-state index < -0.39 is 0 Å². The van der Waals surface area contributed by atoms with Crippen LogP contribution in [-0.2, 0) is 7.05 Å². The van der Waals surface area contributed by atoms with Gasteiger partial charge in [-0.25, -0.2) is 0 Å². The molecule has 0 spiro atoms. The predicted molar refractivity (Wildman–Crippen MR) is 70.8 cm³/mol. The molecule has 1 aliphatic carbocycles. The van der Waals surface area contributed by atoms with Crippen molar-refractivity contribution in [1.82, 2.24) is 9.78 Å². The highest BCUT2D eigenvalue weighted by atomic mass is 32.2. The van der Waals surface area contributed by atoms with Crippen molar-refractivity contribution in [3.05, 3.63) is 6.20 Å². The molecule has 0 aliphatic heterocycles. The van der Waals surface area contributed by atoms with Crippen LogP contribution in [0.25, 0.3) is 0 Å². The third kappa shape index (κ3) is 2.45. The third-order valence-corrected chi connectivity index (χ3v) is 4.34. The number of nitrogens with zero attached hydrogens (tertiary/aromatic N) is 2. The van der Waals surface area contributed by atoms with Gasteiger partial charge in [-0.2, -0.15) is 16.9 Å². The van der Waals surface area contributed by atoms with E-state index in [0.29, 0.717) is 11.3 Å². The van der Waals surface area contributed by atoms with Crippen LogP contribution in [0.2, 0.25) is 0 Å². The van der Waals surface area contributed by atoms with Crippen LogP contribution in [0.3, 0.4) is 0 Å². The van der Waals surface area contributed by atoms with Crippen LogP contribution in [-0.4, -0.2) is 26.8 Å². The molecule has 0 saturated heterocycles. The van der Waals surface area contributed by atoms with E-state index in [1.54, 1.807) is 4.68 Å². The number of anilines is 2. The van der Waals surface area contributed by atoms with Gasteiger partial charge in [0.2, 0.25) is 0 Å². The molecule has 3 N–H and O–H groups in total. The Hall–Kier alpha value is -0.840. The highest BCUT2D eigenvalue weighted by Gasteiger charge is 2.27. The van der Waals surface area contributed by atoms with Crippen molar-refractivity contribution in [1.29, 1.82) is 0 Å². The van der Waals surface area contributed by atoms with Gasteiger partial charge in [0.15, 0.2) is 5.82 Å². The summed E-state index contributed by atoms with van der Waals surface area (Å²) in [5.74, 6) is 2.02. The van der Waals surface area contributed by atoms with E-state index in [4.69, 9.17) is 5.73 Å². The van der Waals surface area contributed by atoms with Crippen LogP contribution in [0.5, 0.6) is 0 Å². The van der Waals surface area contributed by atoms with E-state index in [9.17, 15) is 0 Å². The molecule has 0 aromatic carbocycles. The van der Waals surface area contributed by atoms with Crippen LogP contribution in [0.4, 0.5) is 11.5 Å². The average molecular weight is 240 g/mol. The fourth-order valence-corrected chi connectivity index (χ4v) is 3.50. The van der Waals surface area contributed by atoms with Crippen molar-refractivity contribution in [3.8, 4) is 0 Å². The number of aryl methyl sites for hydroxylation is 1. The first-order valence-corrected chi connectivity index (χ1v) is 6.93. The van der Waals surface area contributed by atoms with Gasteiger partial charge in [0.1, 0.15) is 0 Å². The number of rotatable bonds is 4. The Labute approximate surface area is 101 Å². The van der Waals surface area contributed by atoms with Gasteiger partial charge in [0.05, 0.1) is 5.69 Å². The fraction of sp³-hybridized carbons (Fsp3) is 0.727. The summed E-state index contributed by atoms with van der Waals surface area (Å²) >= 11 is 2.04. The lowest BCUT2D eigenvalue weighted by Gasteiger charge is -2.20. The summed E-state index contributed by atoms with van der Waals surface area (Å²) < 4.78 is 1.76. The summed E-state index contributed by atoms with van der Waals surface area (Å²) in [6, 6.07) is 0.530. The lowest BCUT2D eigenvalue weighted by atomic mass is 10.2. The van der Waals surface area contributed by atoms with Gasteiger partial charge in [0, 0.05) is 24.5 Å². The largest absolute Gasteiger partial charge is 0.394 e. The minimum Gasteiger partial charge on any atom is -0.394 e. The number of nitrogens with one attached hydrogen (secondary N) is 1. The second-order valence-corrected chi connectivity index (χ2v) is 5.80. The third-order valence-electron chi connectivity index (χ3n) is 3.01. The molecule has 1 heterocycles. The van der Waals surface area contributed by atoms with Crippen molar-refractivity contribution in [2.75, 3.05) is 16.8 Å². The quantitative estimate of drug-likeness (QED) is 0.846. The molecular weight excluding hydrogens is 220 g/mol. The first kappa shape index (κ1) is 11.6. The second-order valence-electron chi connectivity index (χ2n) is 4.28. The maximum atomic E-state index is 5.89. The molecule has 0 amide bonds. The Morgan fingerprint density at radius 1 is 1.62 bits per heavy atom. The van der Waals surface area contributed by atoms with Crippen molar-refractivity contribution in [2.24, 2.45) is 7.05 Å². The molecule has 1 aliphatic rings. The van der Waals surface area contributed by atoms with Gasteiger partial charge in [0.25, 0.3) is 0 Å². The lowest BCUT2D eigenvalue weighted by molar-refractivity contribution is 0.735. The lowest BCUT2D eigenvalue weighted by Crippen LogP contribution is -2.26. The van der Waals surface area contributed by atoms with E-state index in [-0.39, 0.29) is 0 Å². The number of hydrogen-bond acceptors (Lipinski definition) is 4. The molecule has 1 aromatic rings. The van der Waals surface area contributed by atoms with Crippen molar-refractivity contribution >= 4 is 23.3 Å². The smallest absolute Gasteiger partial charge is 0.171 e. The molecule has 0 bridgehead atoms. The molecule has 2 atom stereocenters. The van der Waals surface area contributed by atoms with Crippen LogP contribution >= 0.6 is 11.8 Å². The first-order valence-electron chi connectivity index (χ1n) is 5.88. The molecule has 2 rings (SSSR count). The van der Waals surface area contributed by atoms with Crippen LogP contribution in [0, 0.1) is 0 Å². The van der Waals surface area contributed by atoms with E-state index in [1.807, 2.05) is 25.0 Å². The molecule has 4 nitrogen and oxygen atoms in total. The van der Waals surface area contributed by atoms with Crippen molar-refractivity contribution in [3.63, 3.8) is 0 Å². The van der Waals surface area contributed by atoms with Gasteiger partial charge in [-0.3, -0.25) is 4.68 Å². The Kier molecular flexibility index (Phi) is 3.63. The molecule has 0 radical (unpaired) electrons. The van der Waals surface area contributed by atoms with Crippen LogP contribution in [0.15, 0.2) is 6.20 Å². The van der Waals surface area contributed by atoms with Gasteiger partial charge in [-0.05, 0) is 18.6 Å². The molecule has 1 saturated carbocycles. The van der Waals surface area contributed by atoms with E-state index in [1.165, 1.54) is 25.0 Å². The Morgan fingerprint density at radius 3 is 3.06 bits per heavy atom. The summed E-state index contributed by atoms with van der Waals surface area (Å²) in [5.41, 5.74) is 6.63. The number of nitrogens with two attached hydrogens (primary N) is 1. The maximum Gasteiger partial charge on any atom is 0.171 e. The second kappa shape index (κ2) is 4.99. The number of thioether (sulfide) groups is 1. The monoisotopic (exact) mass is 240 g/mol. The molecule has 16 heavy (non-hydrogen) atoms. The highest BCUT2D eigenvalue weighted by Crippen LogP contribution is 2.32. The van der Waals surface area contributed by atoms with Gasteiger partial charge < -0.3 is 11.1 Å². The minimum atomic E-state index is 0.530. The van der Waals surface area contributed by atoms with Crippen molar-refractivity contribution in [2.45, 2.75) is 37.5 Å². The molecule has 1 fully saturated rings. The summed E-state index contributed by atoms with van der Waals surface area (Å²) in [5, 5.41) is 8.54. The first-order chi connectivity index (χ1) is 7.70. The number of aromatic nitrogens is 2. The number of nitrogen functional groups attached to an aromatic ring is 1. The van der Waals surface area contributed by atoms with Gasteiger partial charge >= 0.3 is 0 Å². The zero-order chi connectivity index (χ0) is 11.5. The highest BCUT2D eigenvalue weighted by molar-refractivity contribution is 7.99. The Morgan fingerprint density at radius 2 is 2.44 bits per heavy atom. The maximum absolute atomic E-state index is 5.89. The zero-order valence-corrected chi connectivity index (χ0v) is 10.8. The van der Waals surface area contributed by atoms with Crippen LogP contribution in [0.1, 0.15) is 26.2 Å². The average Bonchev–Trinajstić information content (AvgIpc) is 2.77. The predicted octanol–water partition coefficient (Wildman–Crippen LogP) is 2.09. The standard InChI is InChI=1S/C11H20N4S/c1-3-16-10-6-4-5-9(10)13-11-8(12)7-15(2)14-11/h7,9-10H,3-6,12H2,1-2H3,(H,13,14). The zero-order valence-electron chi connectivity index (χ0n) is 9.94. The Bertz CT molecular complexity index is 350. The Balaban J connectivity index is 2.00. The molecule has 2 unspecified atom stereocenters.